The highest BCUT2D eigenvalue weighted by Crippen LogP contribution is 2.29. The molecule has 96 valence electrons. The lowest BCUT2D eigenvalue weighted by Crippen LogP contribution is -2.39. The molecule has 1 heterocycles. The molecule has 3 rings (SSSR count). The maximum Gasteiger partial charge on any atom is 0.244 e. The average molecular weight is 313 g/mol. The highest BCUT2D eigenvalue weighted by atomic mass is 79.9. The first kappa shape index (κ1) is 12.1. The van der Waals surface area contributed by atoms with Gasteiger partial charge in [-0.05, 0) is 37.5 Å². The van der Waals surface area contributed by atoms with Crippen molar-refractivity contribution in [2.75, 3.05) is 11.4 Å². The third-order valence-electron chi connectivity index (χ3n) is 3.42. The van der Waals surface area contributed by atoms with Gasteiger partial charge in [0, 0.05) is 17.1 Å². The molecule has 5 heteroatoms. The quantitative estimate of drug-likeness (QED) is 0.930. The van der Waals surface area contributed by atoms with E-state index < -0.39 is 0 Å². The minimum atomic E-state index is -0.348. The molecule has 1 amide bonds. The molecule has 1 saturated carbocycles. The second-order valence-electron chi connectivity index (χ2n) is 4.87. The third-order valence-corrected chi connectivity index (χ3v) is 3.91. The first-order valence-electron chi connectivity index (χ1n) is 6.17. The molecule has 1 aromatic carbocycles. The van der Waals surface area contributed by atoms with Crippen molar-refractivity contribution in [3.8, 4) is 0 Å². The zero-order valence-corrected chi connectivity index (χ0v) is 11.4. The Labute approximate surface area is 113 Å². The van der Waals surface area contributed by atoms with Crippen molar-refractivity contribution in [2.45, 2.75) is 31.3 Å². The van der Waals surface area contributed by atoms with Crippen LogP contribution >= 0.6 is 15.9 Å². The molecule has 1 saturated heterocycles. The van der Waals surface area contributed by atoms with E-state index in [2.05, 4.69) is 21.2 Å². The van der Waals surface area contributed by atoms with Gasteiger partial charge in [-0.15, -0.1) is 0 Å². The zero-order chi connectivity index (χ0) is 12.7. The molecule has 0 aromatic heterocycles. The number of carbonyl (C=O) groups is 1. The van der Waals surface area contributed by atoms with Crippen molar-refractivity contribution >= 4 is 27.5 Å². The Morgan fingerprint density at radius 1 is 1.33 bits per heavy atom. The predicted molar refractivity (Wildman–Crippen MR) is 71.0 cm³/mol. The van der Waals surface area contributed by atoms with E-state index >= 15 is 0 Å². The summed E-state index contributed by atoms with van der Waals surface area (Å²) >= 11 is 3.31. The maximum atomic E-state index is 13.8. The lowest BCUT2D eigenvalue weighted by Gasteiger charge is -2.18. The molecule has 2 aliphatic rings. The van der Waals surface area contributed by atoms with Crippen molar-refractivity contribution in [1.82, 2.24) is 5.32 Å². The van der Waals surface area contributed by atoms with Crippen LogP contribution in [0.25, 0.3) is 0 Å². The first-order valence-corrected chi connectivity index (χ1v) is 6.97. The maximum absolute atomic E-state index is 13.8. The Kier molecular flexibility index (Phi) is 3.11. The summed E-state index contributed by atoms with van der Waals surface area (Å²) in [5.74, 6) is -0.363. The molecule has 0 radical (unpaired) electrons. The lowest BCUT2D eigenvalue weighted by molar-refractivity contribution is -0.118. The van der Waals surface area contributed by atoms with E-state index in [1.807, 2.05) is 0 Å². The third kappa shape index (κ3) is 2.29. The van der Waals surface area contributed by atoms with Crippen molar-refractivity contribution in [3.05, 3.63) is 28.5 Å². The molecule has 1 atom stereocenters. The van der Waals surface area contributed by atoms with Crippen LogP contribution in [0, 0.1) is 5.82 Å². The SMILES string of the molecule is O=C1C(NC2CC2)CCN1c1cc(Br)ccc1F. The second-order valence-corrected chi connectivity index (χ2v) is 5.78. The van der Waals surface area contributed by atoms with Crippen LogP contribution in [-0.2, 0) is 4.79 Å². The molecule has 0 spiro atoms. The molecule has 3 nitrogen and oxygen atoms in total. The molecular weight excluding hydrogens is 299 g/mol. The molecule has 18 heavy (non-hydrogen) atoms. The number of nitrogens with zero attached hydrogens (tertiary/aromatic N) is 1. The van der Waals surface area contributed by atoms with Crippen LogP contribution in [0.3, 0.4) is 0 Å². The molecule has 1 N–H and O–H groups in total. The van der Waals surface area contributed by atoms with E-state index in [1.165, 1.54) is 6.07 Å². The molecule has 0 bridgehead atoms. The molecule has 1 aliphatic heterocycles. The summed E-state index contributed by atoms with van der Waals surface area (Å²) in [4.78, 5) is 13.8. The summed E-state index contributed by atoms with van der Waals surface area (Å²) in [6, 6.07) is 5.03. The normalized spacial score (nSPS) is 23.8. The summed E-state index contributed by atoms with van der Waals surface area (Å²) in [6.07, 6.45) is 3.05. The highest BCUT2D eigenvalue weighted by Gasteiger charge is 2.37. The Balaban J connectivity index is 1.80. The first-order chi connectivity index (χ1) is 8.65. The van der Waals surface area contributed by atoms with Crippen LogP contribution in [0.1, 0.15) is 19.3 Å². The Morgan fingerprint density at radius 3 is 2.83 bits per heavy atom. The van der Waals surface area contributed by atoms with Gasteiger partial charge in [0.2, 0.25) is 5.91 Å². The van der Waals surface area contributed by atoms with Gasteiger partial charge in [-0.2, -0.15) is 0 Å². The zero-order valence-electron chi connectivity index (χ0n) is 9.83. The summed E-state index contributed by atoms with van der Waals surface area (Å²) in [5, 5.41) is 3.31. The van der Waals surface area contributed by atoms with Gasteiger partial charge in [-0.1, -0.05) is 15.9 Å². The fraction of sp³-hybridized carbons (Fsp3) is 0.462. The van der Waals surface area contributed by atoms with E-state index in [9.17, 15) is 9.18 Å². The summed E-state index contributed by atoms with van der Waals surface area (Å²) in [7, 11) is 0. The van der Waals surface area contributed by atoms with Crippen molar-refractivity contribution in [1.29, 1.82) is 0 Å². The summed E-state index contributed by atoms with van der Waals surface area (Å²) in [5.41, 5.74) is 0.370. The number of hydrogen-bond donors (Lipinski definition) is 1. The van der Waals surface area contributed by atoms with Crippen LogP contribution in [0.4, 0.5) is 10.1 Å². The van der Waals surface area contributed by atoms with E-state index in [0.29, 0.717) is 18.3 Å². The molecule has 2 fully saturated rings. The van der Waals surface area contributed by atoms with Gasteiger partial charge in [0.25, 0.3) is 0 Å². The topological polar surface area (TPSA) is 32.3 Å². The van der Waals surface area contributed by atoms with Crippen LogP contribution < -0.4 is 10.2 Å². The van der Waals surface area contributed by atoms with Gasteiger partial charge in [0.05, 0.1) is 11.7 Å². The van der Waals surface area contributed by atoms with E-state index in [4.69, 9.17) is 0 Å². The average Bonchev–Trinajstić information content (AvgIpc) is 3.09. The largest absolute Gasteiger partial charge is 0.308 e. The Bertz CT molecular complexity index is 490. The number of carbonyl (C=O) groups excluding carboxylic acids is 1. The molecule has 1 unspecified atom stereocenters. The van der Waals surface area contributed by atoms with Gasteiger partial charge in [-0.3, -0.25) is 4.79 Å². The fourth-order valence-corrected chi connectivity index (χ4v) is 2.65. The fourth-order valence-electron chi connectivity index (χ4n) is 2.30. The van der Waals surface area contributed by atoms with Crippen LogP contribution in [0.5, 0.6) is 0 Å². The number of anilines is 1. The minimum absolute atomic E-state index is 0.0149. The van der Waals surface area contributed by atoms with Gasteiger partial charge in [0.1, 0.15) is 5.82 Å². The van der Waals surface area contributed by atoms with E-state index in [0.717, 1.165) is 23.7 Å². The van der Waals surface area contributed by atoms with E-state index in [-0.39, 0.29) is 17.8 Å². The number of halogens is 2. The smallest absolute Gasteiger partial charge is 0.244 e. The van der Waals surface area contributed by atoms with Crippen molar-refractivity contribution < 1.29 is 9.18 Å². The Morgan fingerprint density at radius 2 is 2.11 bits per heavy atom. The number of amides is 1. The lowest BCUT2D eigenvalue weighted by atomic mass is 10.2. The Hall–Kier alpha value is -0.940. The van der Waals surface area contributed by atoms with Gasteiger partial charge in [0.15, 0.2) is 0 Å². The van der Waals surface area contributed by atoms with Crippen molar-refractivity contribution in [2.24, 2.45) is 0 Å². The monoisotopic (exact) mass is 312 g/mol. The standard InChI is InChI=1S/C13H14BrFN2O/c14-8-1-4-10(15)12(7-8)17-6-5-11(13(17)18)16-9-2-3-9/h1,4,7,9,11,16H,2-3,5-6H2. The van der Waals surface area contributed by atoms with Crippen LogP contribution in [0.2, 0.25) is 0 Å². The molecular formula is C13H14BrFN2O. The second kappa shape index (κ2) is 4.63. The van der Waals surface area contributed by atoms with Gasteiger partial charge in [-0.25, -0.2) is 4.39 Å². The summed E-state index contributed by atoms with van der Waals surface area (Å²) in [6.45, 7) is 0.580. The molecule has 1 aromatic rings. The predicted octanol–water partition coefficient (Wildman–Crippen LogP) is 2.45. The minimum Gasteiger partial charge on any atom is -0.308 e. The van der Waals surface area contributed by atoms with Crippen LogP contribution in [0.15, 0.2) is 22.7 Å². The van der Waals surface area contributed by atoms with Gasteiger partial charge >= 0.3 is 0 Å². The highest BCUT2D eigenvalue weighted by molar-refractivity contribution is 9.10. The number of benzene rings is 1. The van der Waals surface area contributed by atoms with Crippen molar-refractivity contribution in [3.63, 3.8) is 0 Å². The van der Waals surface area contributed by atoms with E-state index in [1.54, 1.807) is 17.0 Å². The number of rotatable bonds is 3. The molecule has 1 aliphatic carbocycles. The summed E-state index contributed by atoms with van der Waals surface area (Å²) < 4.78 is 14.5. The number of hydrogen-bond acceptors (Lipinski definition) is 2. The van der Waals surface area contributed by atoms with Crippen LogP contribution in [-0.4, -0.2) is 24.5 Å². The van der Waals surface area contributed by atoms with Gasteiger partial charge < -0.3 is 10.2 Å². The number of nitrogens with one attached hydrogen (secondary N) is 1.